The molecule has 1 N–H and O–H groups in total. The van der Waals surface area contributed by atoms with Crippen LogP contribution in [0.5, 0.6) is 0 Å². The van der Waals surface area contributed by atoms with Crippen LogP contribution in [0.4, 0.5) is 4.79 Å². The van der Waals surface area contributed by atoms with Gasteiger partial charge in [0.1, 0.15) is 6.04 Å². The molecule has 0 aromatic rings. The summed E-state index contributed by atoms with van der Waals surface area (Å²) >= 11 is 1.56. The maximum absolute atomic E-state index is 12.6. The number of amides is 2. The Balaban J connectivity index is 2.72. The van der Waals surface area contributed by atoms with E-state index in [0.29, 0.717) is 12.3 Å². The minimum absolute atomic E-state index is 0.0603. The highest BCUT2D eigenvalue weighted by atomic mass is 32.2. The molecule has 0 bridgehead atoms. The van der Waals surface area contributed by atoms with Crippen LogP contribution in [-0.4, -0.2) is 83.2 Å². The highest BCUT2D eigenvalue weighted by Crippen LogP contribution is 2.34. The fraction of sp³-hybridized carbons (Fsp3) is 0.857. The smallest absolute Gasteiger partial charge is 0.327 e. The molecule has 21 heavy (non-hydrogen) atoms. The number of carbonyl (C=O) groups excluding carboxylic acids is 1. The van der Waals surface area contributed by atoms with Crippen LogP contribution in [0.25, 0.3) is 0 Å². The van der Waals surface area contributed by atoms with Crippen LogP contribution in [0.2, 0.25) is 0 Å². The van der Waals surface area contributed by atoms with Gasteiger partial charge in [-0.25, -0.2) is 9.59 Å². The lowest BCUT2D eigenvalue weighted by Crippen LogP contribution is -2.52. The van der Waals surface area contributed by atoms with Crippen molar-refractivity contribution >= 4 is 23.8 Å². The van der Waals surface area contributed by atoms with Crippen LogP contribution >= 0.6 is 11.8 Å². The summed E-state index contributed by atoms with van der Waals surface area (Å²) < 4.78 is 0. The van der Waals surface area contributed by atoms with E-state index < -0.39 is 12.0 Å². The van der Waals surface area contributed by atoms with Gasteiger partial charge in [0.15, 0.2) is 0 Å². The van der Waals surface area contributed by atoms with Crippen molar-refractivity contribution in [3.63, 3.8) is 0 Å². The van der Waals surface area contributed by atoms with Crippen LogP contribution < -0.4 is 0 Å². The van der Waals surface area contributed by atoms with E-state index in [2.05, 4.69) is 4.90 Å². The Morgan fingerprint density at radius 2 is 1.90 bits per heavy atom. The Hall–Kier alpha value is -0.950. The summed E-state index contributed by atoms with van der Waals surface area (Å²) in [5.41, 5.74) is 0. The first-order chi connectivity index (χ1) is 9.75. The Kier molecular flexibility index (Phi) is 6.80. The van der Waals surface area contributed by atoms with Gasteiger partial charge in [0, 0.05) is 19.3 Å². The molecule has 1 fully saturated rings. The van der Waals surface area contributed by atoms with E-state index in [4.69, 9.17) is 0 Å². The van der Waals surface area contributed by atoms with Gasteiger partial charge in [-0.15, -0.1) is 11.8 Å². The Labute approximate surface area is 131 Å². The van der Waals surface area contributed by atoms with Crippen molar-refractivity contribution < 1.29 is 14.7 Å². The molecule has 1 aliphatic heterocycles. The predicted molar refractivity (Wildman–Crippen MR) is 85.5 cm³/mol. The topological polar surface area (TPSA) is 64.1 Å². The predicted octanol–water partition coefficient (Wildman–Crippen LogP) is 1.47. The molecule has 0 spiro atoms. The molecule has 1 rings (SSSR count). The number of carboxylic acids is 1. The van der Waals surface area contributed by atoms with Crippen LogP contribution in [0.15, 0.2) is 0 Å². The van der Waals surface area contributed by atoms with Gasteiger partial charge in [-0.1, -0.05) is 13.8 Å². The van der Waals surface area contributed by atoms with Gasteiger partial charge in [-0.3, -0.25) is 4.90 Å². The lowest BCUT2D eigenvalue weighted by atomic mass is 10.1. The lowest BCUT2D eigenvalue weighted by molar-refractivity contribution is -0.141. The second-order valence-corrected chi connectivity index (χ2v) is 7.24. The molecule has 122 valence electrons. The summed E-state index contributed by atoms with van der Waals surface area (Å²) in [5.74, 6) is -0.214. The third kappa shape index (κ3) is 4.78. The standard InChI is InChI=1S/C14H27N3O3S/c1-10(2)12-17(11(9-21-12)13(18)19)14(20)16(5)8-6-7-15(3)4/h10-12H,6-9H2,1-5H3,(H,18,19). The number of hydrogen-bond donors (Lipinski definition) is 1. The number of carboxylic acid groups (broad SMARTS) is 1. The molecule has 0 aromatic carbocycles. The zero-order valence-corrected chi connectivity index (χ0v) is 14.4. The number of carbonyl (C=O) groups is 2. The van der Waals surface area contributed by atoms with E-state index in [0.717, 1.165) is 13.0 Å². The maximum Gasteiger partial charge on any atom is 0.327 e. The number of urea groups is 1. The van der Waals surface area contributed by atoms with Gasteiger partial charge in [0.25, 0.3) is 0 Å². The van der Waals surface area contributed by atoms with Crippen LogP contribution in [0.1, 0.15) is 20.3 Å². The molecular formula is C14H27N3O3S. The molecule has 0 aliphatic carbocycles. The molecule has 1 saturated heterocycles. The average molecular weight is 317 g/mol. The zero-order chi connectivity index (χ0) is 16.2. The highest BCUT2D eigenvalue weighted by Gasteiger charge is 2.43. The van der Waals surface area contributed by atoms with Gasteiger partial charge >= 0.3 is 12.0 Å². The molecule has 0 aromatic heterocycles. The maximum atomic E-state index is 12.6. The fourth-order valence-corrected chi connectivity index (χ4v) is 3.86. The van der Waals surface area contributed by atoms with E-state index in [-0.39, 0.29) is 17.3 Å². The van der Waals surface area contributed by atoms with Crippen molar-refractivity contribution in [2.75, 3.05) is 40.0 Å². The van der Waals surface area contributed by atoms with E-state index in [1.807, 2.05) is 27.9 Å². The van der Waals surface area contributed by atoms with Crippen LogP contribution in [0, 0.1) is 5.92 Å². The first-order valence-corrected chi connectivity index (χ1v) is 8.33. The van der Waals surface area contributed by atoms with Crippen molar-refractivity contribution in [3.8, 4) is 0 Å². The Morgan fingerprint density at radius 3 is 2.38 bits per heavy atom. The summed E-state index contributed by atoms with van der Waals surface area (Å²) in [6, 6.07) is -0.893. The van der Waals surface area contributed by atoms with Crippen molar-refractivity contribution in [1.29, 1.82) is 0 Å². The molecule has 7 heteroatoms. The molecule has 2 unspecified atom stereocenters. The number of nitrogens with zero attached hydrogens (tertiary/aromatic N) is 3. The van der Waals surface area contributed by atoms with E-state index in [9.17, 15) is 14.7 Å². The number of rotatable bonds is 6. The first kappa shape index (κ1) is 18.1. The summed E-state index contributed by atoms with van der Waals surface area (Å²) in [6.07, 6.45) is 0.875. The molecule has 0 radical (unpaired) electrons. The second kappa shape index (κ2) is 7.89. The SMILES string of the molecule is CC(C)C1SCC(C(=O)O)N1C(=O)N(C)CCCN(C)C. The third-order valence-electron chi connectivity index (χ3n) is 3.54. The van der Waals surface area contributed by atoms with Crippen molar-refractivity contribution in [2.24, 2.45) is 5.92 Å². The zero-order valence-electron chi connectivity index (χ0n) is 13.6. The summed E-state index contributed by atoms with van der Waals surface area (Å²) in [4.78, 5) is 29.2. The van der Waals surface area contributed by atoms with Crippen molar-refractivity contribution in [3.05, 3.63) is 0 Å². The number of aliphatic carboxylic acids is 1. The van der Waals surface area contributed by atoms with Crippen molar-refractivity contribution in [2.45, 2.75) is 31.7 Å². The van der Waals surface area contributed by atoms with E-state index >= 15 is 0 Å². The van der Waals surface area contributed by atoms with Gasteiger partial charge in [0.05, 0.1) is 5.37 Å². The monoisotopic (exact) mass is 317 g/mol. The molecule has 0 saturated carbocycles. The molecule has 2 amide bonds. The first-order valence-electron chi connectivity index (χ1n) is 7.28. The highest BCUT2D eigenvalue weighted by molar-refractivity contribution is 8.00. The molecule has 2 atom stereocenters. The summed E-state index contributed by atoms with van der Waals surface area (Å²) in [6.45, 7) is 5.58. The molecule has 6 nitrogen and oxygen atoms in total. The van der Waals surface area contributed by atoms with Gasteiger partial charge in [0.2, 0.25) is 0 Å². The minimum atomic E-state index is -0.916. The number of hydrogen-bond acceptors (Lipinski definition) is 4. The molecular weight excluding hydrogens is 290 g/mol. The van der Waals surface area contributed by atoms with Gasteiger partial charge in [-0.2, -0.15) is 0 Å². The van der Waals surface area contributed by atoms with Gasteiger partial charge < -0.3 is 14.9 Å². The lowest BCUT2D eigenvalue weighted by Gasteiger charge is -2.33. The molecule has 1 heterocycles. The summed E-state index contributed by atoms with van der Waals surface area (Å²) in [7, 11) is 5.74. The van der Waals surface area contributed by atoms with Crippen LogP contribution in [-0.2, 0) is 4.79 Å². The fourth-order valence-electron chi connectivity index (χ4n) is 2.39. The van der Waals surface area contributed by atoms with E-state index in [1.165, 1.54) is 0 Å². The second-order valence-electron chi connectivity index (χ2n) is 6.09. The largest absolute Gasteiger partial charge is 0.480 e. The third-order valence-corrected chi connectivity index (χ3v) is 5.16. The summed E-state index contributed by atoms with van der Waals surface area (Å²) in [5, 5.41) is 9.27. The minimum Gasteiger partial charge on any atom is -0.480 e. The van der Waals surface area contributed by atoms with Crippen LogP contribution in [0.3, 0.4) is 0 Å². The average Bonchev–Trinajstić information content (AvgIpc) is 2.81. The molecule has 1 aliphatic rings. The Morgan fingerprint density at radius 1 is 1.29 bits per heavy atom. The number of thioether (sulfide) groups is 1. The van der Waals surface area contributed by atoms with E-state index in [1.54, 1.807) is 28.6 Å². The Bertz CT molecular complexity index is 376. The normalized spacial score (nSPS) is 22.1. The quantitative estimate of drug-likeness (QED) is 0.804. The van der Waals surface area contributed by atoms with Gasteiger partial charge in [-0.05, 0) is 33.0 Å². The van der Waals surface area contributed by atoms with Crippen molar-refractivity contribution in [1.82, 2.24) is 14.7 Å².